The first-order valence-corrected chi connectivity index (χ1v) is 11.7. The zero-order chi connectivity index (χ0) is 21.1. The molecule has 0 bridgehead atoms. The van der Waals surface area contributed by atoms with Crippen LogP contribution in [0, 0.1) is 6.92 Å². The molecule has 0 fully saturated rings. The summed E-state index contributed by atoms with van der Waals surface area (Å²) in [6.07, 6.45) is 1.72. The lowest BCUT2D eigenvalue weighted by atomic mass is 10.2. The molecule has 30 heavy (non-hydrogen) atoms. The average molecular weight is 474 g/mol. The van der Waals surface area contributed by atoms with Crippen molar-refractivity contribution in [2.24, 2.45) is 0 Å². The quantitative estimate of drug-likeness (QED) is 0.294. The number of carbonyl (C=O) groups is 1. The van der Waals surface area contributed by atoms with Crippen LogP contribution in [0.3, 0.4) is 0 Å². The summed E-state index contributed by atoms with van der Waals surface area (Å²) >= 11 is 15.1. The summed E-state index contributed by atoms with van der Waals surface area (Å²) in [5, 5.41) is 1.98. The molecule has 8 heteroatoms. The molecule has 0 aliphatic rings. The van der Waals surface area contributed by atoms with Crippen LogP contribution in [0.1, 0.15) is 11.3 Å². The topological polar surface area (TPSA) is 46.1 Å². The van der Waals surface area contributed by atoms with Gasteiger partial charge >= 0.3 is 0 Å². The fraction of sp³-hybridized carbons (Fsp3) is 0.136. The number of thioether (sulfide) groups is 1. The van der Waals surface area contributed by atoms with Crippen LogP contribution in [0.4, 0.5) is 5.13 Å². The minimum absolute atomic E-state index is 0.0385. The second-order valence-electron chi connectivity index (χ2n) is 6.61. The molecule has 0 N–H and O–H groups in total. The SMILES string of the molecule is Cc1cc(Cl)cc2sc(N(Cc3ccccn3)C(=O)CSc3ccc(Cl)cc3)nc12. The van der Waals surface area contributed by atoms with E-state index in [1.54, 1.807) is 11.1 Å². The van der Waals surface area contributed by atoms with Gasteiger partial charge in [0.2, 0.25) is 5.91 Å². The Balaban J connectivity index is 1.63. The number of amides is 1. The van der Waals surface area contributed by atoms with Crippen LogP contribution in [0.2, 0.25) is 10.0 Å². The number of rotatable bonds is 6. The van der Waals surface area contributed by atoms with Gasteiger partial charge in [-0.05, 0) is 61.0 Å². The lowest BCUT2D eigenvalue weighted by Crippen LogP contribution is -2.32. The predicted octanol–water partition coefficient (Wildman–Crippen LogP) is 6.63. The van der Waals surface area contributed by atoms with Crippen LogP contribution in [-0.2, 0) is 11.3 Å². The number of nitrogens with zero attached hydrogens (tertiary/aromatic N) is 3. The Hall–Kier alpha value is -2.12. The van der Waals surface area contributed by atoms with E-state index in [0.29, 0.717) is 21.7 Å². The number of aryl methyl sites for hydroxylation is 1. The van der Waals surface area contributed by atoms with Gasteiger partial charge in [-0.3, -0.25) is 14.7 Å². The van der Waals surface area contributed by atoms with Crippen molar-refractivity contribution < 1.29 is 4.79 Å². The van der Waals surface area contributed by atoms with E-state index in [9.17, 15) is 4.79 Å². The number of fused-ring (bicyclic) bond motifs is 1. The molecular weight excluding hydrogens is 457 g/mol. The van der Waals surface area contributed by atoms with Gasteiger partial charge in [-0.1, -0.05) is 40.6 Å². The van der Waals surface area contributed by atoms with E-state index in [-0.39, 0.29) is 11.7 Å². The Morgan fingerprint density at radius 1 is 1.10 bits per heavy atom. The van der Waals surface area contributed by atoms with Gasteiger partial charge in [-0.15, -0.1) is 11.8 Å². The van der Waals surface area contributed by atoms with Crippen molar-refractivity contribution in [3.8, 4) is 0 Å². The molecule has 4 nitrogen and oxygen atoms in total. The highest BCUT2D eigenvalue weighted by molar-refractivity contribution is 8.00. The predicted molar refractivity (Wildman–Crippen MR) is 127 cm³/mol. The Morgan fingerprint density at radius 3 is 2.63 bits per heavy atom. The molecule has 2 aromatic heterocycles. The smallest absolute Gasteiger partial charge is 0.239 e. The second kappa shape index (κ2) is 9.35. The normalized spacial score (nSPS) is 11.0. The lowest BCUT2D eigenvalue weighted by Gasteiger charge is -2.19. The van der Waals surface area contributed by atoms with Crippen molar-refractivity contribution in [3.63, 3.8) is 0 Å². The van der Waals surface area contributed by atoms with Crippen molar-refractivity contribution in [2.45, 2.75) is 18.4 Å². The standard InChI is InChI=1S/C22H17Cl2N3OS2/c1-14-10-16(24)11-19-21(14)26-22(30-19)27(12-17-4-2-3-9-25-17)20(28)13-29-18-7-5-15(23)6-8-18/h2-11H,12-13H2,1H3. The summed E-state index contributed by atoms with van der Waals surface area (Å²) in [4.78, 5) is 25.0. The van der Waals surface area contributed by atoms with E-state index in [1.807, 2.05) is 61.5 Å². The summed E-state index contributed by atoms with van der Waals surface area (Å²) in [5.41, 5.74) is 2.65. The van der Waals surface area contributed by atoms with Crippen LogP contribution < -0.4 is 4.90 Å². The largest absolute Gasteiger partial charge is 0.281 e. The van der Waals surface area contributed by atoms with Crippen LogP contribution in [0.25, 0.3) is 10.2 Å². The summed E-state index contributed by atoms with van der Waals surface area (Å²) < 4.78 is 0.958. The number of hydrogen-bond donors (Lipinski definition) is 0. The van der Waals surface area contributed by atoms with Crippen molar-refractivity contribution in [2.75, 3.05) is 10.7 Å². The number of pyridine rings is 1. The molecule has 152 valence electrons. The van der Waals surface area contributed by atoms with E-state index < -0.39 is 0 Å². The van der Waals surface area contributed by atoms with Crippen molar-refractivity contribution in [1.29, 1.82) is 0 Å². The highest BCUT2D eigenvalue weighted by atomic mass is 35.5. The molecule has 2 aromatic carbocycles. The van der Waals surface area contributed by atoms with E-state index in [4.69, 9.17) is 28.2 Å². The number of carbonyl (C=O) groups excluding carboxylic acids is 1. The minimum Gasteiger partial charge on any atom is -0.281 e. The number of halogens is 2. The van der Waals surface area contributed by atoms with Crippen LogP contribution in [0.15, 0.2) is 65.7 Å². The molecule has 0 unspecified atom stereocenters. The Bertz CT molecular complexity index is 1180. The third kappa shape index (κ3) is 4.95. The van der Waals surface area contributed by atoms with E-state index in [1.165, 1.54) is 23.1 Å². The summed E-state index contributed by atoms with van der Waals surface area (Å²) in [7, 11) is 0. The molecule has 0 saturated carbocycles. The molecule has 0 aliphatic carbocycles. The first kappa shape index (κ1) is 21.1. The Morgan fingerprint density at radius 2 is 1.90 bits per heavy atom. The molecule has 0 radical (unpaired) electrons. The van der Waals surface area contributed by atoms with Gasteiger partial charge in [0.15, 0.2) is 5.13 Å². The van der Waals surface area contributed by atoms with Crippen molar-refractivity contribution in [1.82, 2.24) is 9.97 Å². The van der Waals surface area contributed by atoms with E-state index in [2.05, 4.69) is 4.98 Å². The number of aromatic nitrogens is 2. The van der Waals surface area contributed by atoms with Crippen LogP contribution in [0.5, 0.6) is 0 Å². The third-order valence-corrected chi connectivity index (χ3v) is 6.89. The molecule has 1 amide bonds. The summed E-state index contributed by atoms with van der Waals surface area (Å²) in [6, 6.07) is 16.9. The highest BCUT2D eigenvalue weighted by Crippen LogP contribution is 2.34. The maximum Gasteiger partial charge on any atom is 0.239 e. The fourth-order valence-electron chi connectivity index (χ4n) is 2.93. The average Bonchev–Trinajstić information content (AvgIpc) is 3.16. The molecule has 4 aromatic rings. The van der Waals surface area contributed by atoms with Crippen molar-refractivity contribution >= 4 is 67.6 Å². The first-order chi connectivity index (χ1) is 14.5. The zero-order valence-electron chi connectivity index (χ0n) is 16.0. The van der Waals surface area contributed by atoms with Gasteiger partial charge in [-0.2, -0.15) is 0 Å². The Kier molecular flexibility index (Phi) is 6.58. The van der Waals surface area contributed by atoms with Crippen LogP contribution >= 0.6 is 46.3 Å². The number of hydrogen-bond acceptors (Lipinski definition) is 5. The van der Waals surface area contributed by atoms with E-state index >= 15 is 0 Å². The molecular formula is C22H17Cl2N3OS2. The fourth-order valence-corrected chi connectivity index (χ4v) is 5.27. The molecule has 0 aliphatic heterocycles. The molecule has 0 saturated heterocycles. The third-order valence-electron chi connectivity index (χ3n) is 4.39. The number of benzene rings is 2. The summed E-state index contributed by atoms with van der Waals surface area (Å²) in [5.74, 6) is 0.243. The van der Waals surface area contributed by atoms with Gasteiger partial charge in [0.05, 0.1) is 28.2 Å². The molecule has 0 atom stereocenters. The Labute approximate surface area is 192 Å². The zero-order valence-corrected chi connectivity index (χ0v) is 19.2. The lowest BCUT2D eigenvalue weighted by molar-refractivity contribution is -0.116. The summed E-state index contributed by atoms with van der Waals surface area (Å²) in [6.45, 7) is 2.33. The highest BCUT2D eigenvalue weighted by Gasteiger charge is 2.21. The van der Waals surface area contributed by atoms with Gasteiger partial charge in [0.1, 0.15) is 0 Å². The maximum absolute atomic E-state index is 13.2. The second-order valence-corrected chi connectivity index (χ2v) is 9.54. The van der Waals surface area contributed by atoms with E-state index in [0.717, 1.165) is 26.4 Å². The number of anilines is 1. The molecule has 4 rings (SSSR count). The maximum atomic E-state index is 13.2. The molecule has 0 spiro atoms. The van der Waals surface area contributed by atoms with Crippen molar-refractivity contribution in [3.05, 3.63) is 82.1 Å². The van der Waals surface area contributed by atoms with Gasteiger partial charge < -0.3 is 0 Å². The van der Waals surface area contributed by atoms with Gasteiger partial charge in [0.25, 0.3) is 0 Å². The van der Waals surface area contributed by atoms with Crippen LogP contribution in [-0.4, -0.2) is 21.6 Å². The monoisotopic (exact) mass is 473 g/mol. The van der Waals surface area contributed by atoms with Gasteiger partial charge in [-0.25, -0.2) is 4.98 Å². The van der Waals surface area contributed by atoms with Gasteiger partial charge in [0, 0.05) is 21.1 Å². The first-order valence-electron chi connectivity index (χ1n) is 9.15. The molecule has 2 heterocycles. The minimum atomic E-state index is -0.0385. The number of thiazole rings is 1.